The quantitative estimate of drug-likeness (QED) is 0.866. The van der Waals surface area contributed by atoms with E-state index in [1.54, 1.807) is 37.3 Å². The maximum absolute atomic E-state index is 12.8. The summed E-state index contributed by atoms with van der Waals surface area (Å²) in [5.74, 6) is 2.27. The van der Waals surface area contributed by atoms with Crippen LogP contribution in [0.2, 0.25) is 0 Å². The van der Waals surface area contributed by atoms with Gasteiger partial charge in [0.1, 0.15) is 11.5 Å². The molecule has 1 atom stereocenters. The first kappa shape index (κ1) is 18.1. The van der Waals surface area contributed by atoms with E-state index in [4.69, 9.17) is 14.0 Å². The van der Waals surface area contributed by atoms with Gasteiger partial charge in [-0.05, 0) is 18.8 Å². The largest absolute Gasteiger partial charge is 0.497 e. The second kappa shape index (κ2) is 7.68. The van der Waals surface area contributed by atoms with Gasteiger partial charge in [0, 0.05) is 36.5 Å². The number of methoxy groups -OCH3 is 2. The number of hydrogen-bond donors (Lipinski definition) is 1. The van der Waals surface area contributed by atoms with Crippen molar-refractivity contribution in [1.29, 1.82) is 0 Å². The van der Waals surface area contributed by atoms with Crippen molar-refractivity contribution in [3.05, 3.63) is 35.7 Å². The molecule has 0 unspecified atom stereocenters. The molecule has 2 heterocycles. The summed E-state index contributed by atoms with van der Waals surface area (Å²) in [5, 5.41) is 7.04. The zero-order chi connectivity index (χ0) is 18.7. The highest BCUT2D eigenvalue weighted by molar-refractivity contribution is 5.90. The normalized spacial score (nSPS) is 16.8. The van der Waals surface area contributed by atoms with Crippen molar-refractivity contribution in [3.63, 3.8) is 0 Å². The van der Waals surface area contributed by atoms with Gasteiger partial charge in [0.25, 0.3) is 0 Å². The number of anilines is 1. The molecule has 1 fully saturated rings. The van der Waals surface area contributed by atoms with Crippen LogP contribution >= 0.6 is 0 Å². The van der Waals surface area contributed by atoms with Gasteiger partial charge in [-0.3, -0.25) is 0 Å². The molecule has 1 aliphatic heterocycles. The third-order valence-corrected chi connectivity index (χ3v) is 4.58. The van der Waals surface area contributed by atoms with E-state index in [2.05, 4.69) is 24.3 Å². The number of nitrogens with one attached hydrogen (secondary N) is 1. The molecule has 1 aromatic heterocycles. The first-order valence-electron chi connectivity index (χ1n) is 8.79. The molecule has 0 bridgehead atoms. The van der Waals surface area contributed by atoms with E-state index in [9.17, 15) is 4.79 Å². The first-order valence-corrected chi connectivity index (χ1v) is 8.79. The Hall–Kier alpha value is -2.70. The summed E-state index contributed by atoms with van der Waals surface area (Å²) in [4.78, 5) is 14.6. The highest BCUT2D eigenvalue weighted by atomic mass is 16.5. The Morgan fingerprint density at radius 1 is 1.23 bits per heavy atom. The van der Waals surface area contributed by atoms with E-state index in [-0.39, 0.29) is 12.1 Å². The minimum Gasteiger partial charge on any atom is -0.497 e. The van der Waals surface area contributed by atoms with Crippen LogP contribution in [0.3, 0.4) is 0 Å². The molecule has 140 valence electrons. The topological polar surface area (TPSA) is 76.8 Å². The van der Waals surface area contributed by atoms with Gasteiger partial charge in [0.05, 0.1) is 26.0 Å². The average Bonchev–Trinajstić information content (AvgIpc) is 3.30. The number of carbonyl (C=O) groups excluding carboxylic acids is 1. The summed E-state index contributed by atoms with van der Waals surface area (Å²) in [6.07, 6.45) is 1.79. The zero-order valence-corrected chi connectivity index (χ0v) is 15.6. The molecule has 2 amide bonds. The fraction of sp³-hybridized carbons (Fsp3) is 0.474. The van der Waals surface area contributed by atoms with E-state index < -0.39 is 0 Å². The minimum absolute atomic E-state index is 0.0949. The van der Waals surface area contributed by atoms with Crippen LogP contribution in [0.1, 0.15) is 50.1 Å². The number of carbonyl (C=O) groups is 1. The van der Waals surface area contributed by atoms with E-state index in [0.29, 0.717) is 29.6 Å². The number of urea groups is 1. The number of amides is 2. The third kappa shape index (κ3) is 3.76. The second-order valence-corrected chi connectivity index (χ2v) is 6.69. The van der Waals surface area contributed by atoms with E-state index in [1.807, 2.05) is 6.07 Å². The predicted molar refractivity (Wildman–Crippen MR) is 97.8 cm³/mol. The van der Waals surface area contributed by atoms with Crippen molar-refractivity contribution in [2.24, 2.45) is 0 Å². The fourth-order valence-electron chi connectivity index (χ4n) is 3.11. The summed E-state index contributed by atoms with van der Waals surface area (Å²) >= 11 is 0. The van der Waals surface area contributed by atoms with Crippen LogP contribution < -0.4 is 14.8 Å². The number of rotatable bonds is 5. The molecular weight excluding hydrogens is 334 g/mol. The average molecular weight is 359 g/mol. The predicted octanol–water partition coefficient (Wildman–Crippen LogP) is 4.18. The highest BCUT2D eigenvalue weighted by Gasteiger charge is 2.33. The zero-order valence-electron chi connectivity index (χ0n) is 15.6. The summed E-state index contributed by atoms with van der Waals surface area (Å²) < 4.78 is 16.0. The van der Waals surface area contributed by atoms with Crippen LogP contribution in [-0.2, 0) is 0 Å². The second-order valence-electron chi connectivity index (χ2n) is 6.69. The van der Waals surface area contributed by atoms with Crippen LogP contribution in [0.4, 0.5) is 10.5 Å². The van der Waals surface area contributed by atoms with E-state index in [0.717, 1.165) is 24.3 Å². The molecule has 0 aliphatic carbocycles. The maximum atomic E-state index is 12.8. The number of likely N-dealkylation sites (tertiary alicyclic amines) is 1. The molecule has 0 spiro atoms. The van der Waals surface area contributed by atoms with Crippen molar-refractivity contribution in [1.82, 2.24) is 10.1 Å². The monoisotopic (exact) mass is 359 g/mol. The molecule has 3 rings (SSSR count). The lowest BCUT2D eigenvalue weighted by Crippen LogP contribution is -2.34. The van der Waals surface area contributed by atoms with Gasteiger partial charge in [-0.2, -0.15) is 0 Å². The molecule has 1 aromatic carbocycles. The van der Waals surface area contributed by atoms with Crippen LogP contribution in [0.5, 0.6) is 11.5 Å². The summed E-state index contributed by atoms with van der Waals surface area (Å²) in [6, 6.07) is 6.96. The Morgan fingerprint density at radius 2 is 1.92 bits per heavy atom. The Morgan fingerprint density at radius 3 is 2.50 bits per heavy atom. The number of ether oxygens (including phenoxy) is 2. The summed E-state index contributed by atoms with van der Waals surface area (Å²) in [5.41, 5.74) is 1.53. The highest BCUT2D eigenvalue weighted by Crippen LogP contribution is 2.34. The summed E-state index contributed by atoms with van der Waals surface area (Å²) in [7, 11) is 3.15. The molecule has 2 aromatic rings. The van der Waals surface area contributed by atoms with Crippen molar-refractivity contribution in [3.8, 4) is 11.5 Å². The molecule has 1 N–H and O–H groups in total. The van der Waals surface area contributed by atoms with Crippen molar-refractivity contribution in [2.45, 2.75) is 38.6 Å². The number of benzene rings is 1. The smallest absolute Gasteiger partial charge is 0.322 e. The van der Waals surface area contributed by atoms with Gasteiger partial charge in [0.15, 0.2) is 5.76 Å². The number of aromatic nitrogens is 1. The Labute approximate surface area is 153 Å². The molecule has 7 heteroatoms. The fourth-order valence-corrected chi connectivity index (χ4v) is 3.11. The molecule has 0 radical (unpaired) electrons. The van der Waals surface area contributed by atoms with Crippen molar-refractivity contribution >= 4 is 11.7 Å². The molecule has 1 saturated heterocycles. The Balaban J connectivity index is 1.76. The van der Waals surface area contributed by atoms with Gasteiger partial charge < -0.3 is 24.2 Å². The lowest BCUT2D eigenvalue weighted by molar-refractivity contribution is 0.195. The van der Waals surface area contributed by atoms with Crippen molar-refractivity contribution < 1.29 is 18.8 Å². The minimum atomic E-state index is -0.176. The van der Waals surface area contributed by atoms with Gasteiger partial charge in [-0.25, -0.2) is 4.79 Å². The SMILES string of the molecule is COc1cc(NC(=O)N2CCC[C@@H]2c2cc(C(C)C)no2)cc(OC)c1. The molecule has 0 saturated carbocycles. The van der Waals surface area contributed by atoms with Crippen LogP contribution in [0, 0.1) is 0 Å². The van der Waals surface area contributed by atoms with E-state index in [1.165, 1.54) is 0 Å². The van der Waals surface area contributed by atoms with E-state index >= 15 is 0 Å². The van der Waals surface area contributed by atoms with Crippen molar-refractivity contribution in [2.75, 3.05) is 26.1 Å². The standard InChI is InChI=1S/C19H25N3O4/c1-12(2)16-11-18(26-21-16)17-6-5-7-22(17)19(23)20-13-8-14(24-3)10-15(9-13)25-4/h8-12,17H,5-7H2,1-4H3,(H,20,23)/t17-/m1/s1. The summed E-state index contributed by atoms with van der Waals surface area (Å²) in [6.45, 7) is 4.81. The molecule has 26 heavy (non-hydrogen) atoms. The van der Waals surface area contributed by atoms with Gasteiger partial charge in [0.2, 0.25) is 0 Å². The van der Waals surface area contributed by atoms with Crippen LogP contribution in [-0.4, -0.2) is 36.9 Å². The molecule has 7 nitrogen and oxygen atoms in total. The Kier molecular flexibility index (Phi) is 5.35. The van der Waals surface area contributed by atoms with Gasteiger partial charge >= 0.3 is 6.03 Å². The lowest BCUT2D eigenvalue weighted by Gasteiger charge is -2.23. The lowest BCUT2D eigenvalue weighted by atomic mass is 10.1. The number of hydrogen-bond acceptors (Lipinski definition) is 5. The molecule has 1 aliphatic rings. The first-order chi connectivity index (χ1) is 12.5. The number of nitrogens with zero attached hydrogens (tertiary/aromatic N) is 2. The third-order valence-electron chi connectivity index (χ3n) is 4.58. The Bertz CT molecular complexity index is 750. The van der Waals surface area contributed by atoms with Crippen LogP contribution in [0.15, 0.2) is 28.8 Å². The van der Waals surface area contributed by atoms with Gasteiger partial charge in [-0.1, -0.05) is 19.0 Å². The molecular formula is C19H25N3O4. The van der Waals surface area contributed by atoms with Gasteiger partial charge in [-0.15, -0.1) is 0 Å². The maximum Gasteiger partial charge on any atom is 0.322 e. The van der Waals surface area contributed by atoms with Crippen LogP contribution in [0.25, 0.3) is 0 Å².